The highest BCUT2D eigenvalue weighted by atomic mass is 35.5. The van der Waals surface area contributed by atoms with E-state index >= 15 is 0 Å². The van der Waals surface area contributed by atoms with Crippen molar-refractivity contribution in [3.63, 3.8) is 0 Å². The minimum absolute atomic E-state index is 0.0864. The van der Waals surface area contributed by atoms with Crippen LogP contribution in [0.3, 0.4) is 0 Å². The van der Waals surface area contributed by atoms with Crippen LogP contribution in [0.2, 0.25) is 4.34 Å². The number of carbonyl (C=O) groups is 1. The molecule has 21 heavy (non-hydrogen) atoms. The molecule has 3 heterocycles. The molecular weight excluding hydrogens is 328 g/mol. The first-order valence-corrected chi connectivity index (χ1v) is 8.81. The highest BCUT2D eigenvalue weighted by Crippen LogP contribution is 2.34. The number of rotatable bonds is 3. The molecule has 1 saturated heterocycles. The number of aliphatic hydroxyl groups is 1. The number of hydrogen-bond donors (Lipinski definition) is 2. The summed E-state index contributed by atoms with van der Waals surface area (Å²) in [5, 5.41) is 18.3. The van der Waals surface area contributed by atoms with Crippen molar-refractivity contribution < 1.29 is 9.90 Å². The molecule has 2 aromatic rings. The third kappa shape index (κ3) is 3.08. The Morgan fingerprint density at radius 1 is 1.43 bits per heavy atom. The Kier molecular flexibility index (Phi) is 4.49. The van der Waals surface area contributed by atoms with E-state index in [1.54, 1.807) is 22.3 Å². The van der Waals surface area contributed by atoms with Crippen LogP contribution in [-0.2, 0) is 0 Å². The van der Waals surface area contributed by atoms with Gasteiger partial charge in [-0.05, 0) is 33.8 Å². The van der Waals surface area contributed by atoms with Crippen LogP contribution in [0.4, 0.5) is 10.5 Å². The molecule has 3 rings (SSSR count). The minimum Gasteiger partial charge on any atom is -0.396 e. The summed E-state index contributed by atoms with van der Waals surface area (Å²) in [5.74, 6) is 0.285. The van der Waals surface area contributed by atoms with Gasteiger partial charge in [0, 0.05) is 31.5 Å². The maximum absolute atomic E-state index is 12.3. The molecule has 0 aliphatic carbocycles. The fourth-order valence-corrected chi connectivity index (χ4v) is 4.22. The molecule has 0 saturated carbocycles. The number of likely N-dealkylation sites (tertiary alicyclic amines) is 1. The Hall–Kier alpha value is -1.08. The van der Waals surface area contributed by atoms with Crippen molar-refractivity contribution in [1.29, 1.82) is 0 Å². The van der Waals surface area contributed by atoms with Crippen LogP contribution in [0.15, 0.2) is 28.3 Å². The molecule has 1 fully saturated rings. The van der Waals surface area contributed by atoms with Crippen LogP contribution < -0.4 is 5.32 Å². The summed E-state index contributed by atoms with van der Waals surface area (Å²) in [4.78, 5) is 14.1. The molecule has 0 bridgehead atoms. The van der Waals surface area contributed by atoms with Crippen LogP contribution in [0.25, 0.3) is 0 Å². The largest absolute Gasteiger partial charge is 0.396 e. The number of thiophene rings is 2. The molecule has 0 unspecified atom stereocenters. The summed E-state index contributed by atoms with van der Waals surface area (Å²) >= 11 is 9.03. The van der Waals surface area contributed by atoms with E-state index in [0.717, 1.165) is 0 Å². The average molecular weight is 343 g/mol. The zero-order chi connectivity index (χ0) is 14.8. The van der Waals surface area contributed by atoms with E-state index in [-0.39, 0.29) is 24.5 Å². The smallest absolute Gasteiger partial charge is 0.321 e. The van der Waals surface area contributed by atoms with Gasteiger partial charge < -0.3 is 15.3 Å². The van der Waals surface area contributed by atoms with E-state index in [2.05, 4.69) is 16.8 Å². The van der Waals surface area contributed by atoms with Gasteiger partial charge in [-0.2, -0.15) is 11.3 Å². The van der Waals surface area contributed by atoms with Crippen LogP contribution in [0, 0.1) is 5.92 Å². The standard InChI is InChI=1S/C14H15ClN2O2S2/c15-13-12(2-4-21-13)16-14(19)17-5-10(7-18)11(6-17)9-1-3-20-8-9/h1-4,8,10-11,18H,5-7H2,(H,16,19)/t10-,11-/m0/s1. The average Bonchev–Trinajstić information content (AvgIpc) is 3.18. The molecule has 2 atom stereocenters. The van der Waals surface area contributed by atoms with Gasteiger partial charge in [0.25, 0.3) is 0 Å². The molecule has 2 aromatic heterocycles. The summed E-state index contributed by atoms with van der Waals surface area (Å²) < 4.78 is 0.579. The van der Waals surface area contributed by atoms with E-state index in [4.69, 9.17) is 11.6 Å². The fourth-order valence-electron chi connectivity index (χ4n) is 2.66. The van der Waals surface area contributed by atoms with Gasteiger partial charge in [-0.25, -0.2) is 4.79 Å². The lowest BCUT2D eigenvalue weighted by Crippen LogP contribution is -2.33. The van der Waals surface area contributed by atoms with E-state index in [1.165, 1.54) is 16.9 Å². The topological polar surface area (TPSA) is 52.6 Å². The Morgan fingerprint density at radius 2 is 2.29 bits per heavy atom. The first-order chi connectivity index (χ1) is 10.2. The predicted octanol–water partition coefficient (Wildman–Crippen LogP) is 3.70. The summed E-state index contributed by atoms with van der Waals surface area (Å²) in [5.41, 5.74) is 1.84. The lowest BCUT2D eigenvalue weighted by Gasteiger charge is -2.16. The number of anilines is 1. The summed E-state index contributed by atoms with van der Waals surface area (Å²) in [6.07, 6.45) is 0. The van der Waals surface area contributed by atoms with Gasteiger partial charge in [-0.15, -0.1) is 11.3 Å². The Balaban J connectivity index is 1.70. The first kappa shape index (κ1) is 14.8. The maximum Gasteiger partial charge on any atom is 0.321 e. The molecule has 1 aliphatic rings. The Morgan fingerprint density at radius 3 is 2.90 bits per heavy atom. The zero-order valence-electron chi connectivity index (χ0n) is 11.2. The van der Waals surface area contributed by atoms with Crippen molar-refractivity contribution in [2.75, 3.05) is 25.0 Å². The Labute approximate surface area is 136 Å². The fraction of sp³-hybridized carbons (Fsp3) is 0.357. The second-order valence-electron chi connectivity index (χ2n) is 5.05. The SMILES string of the molecule is O=C(Nc1ccsc1Cl)N1C[C@@H](CO)[C@H](c2ccsc2)C1. The number of hydrogen-bond acceptors (Lipinski definition) is 4. The van der Waals surface area contributed by atoms with Crippen molar-refractivity contribution in [1.82, 2.24) is 4.90 Å². The van der Waals surface area contributed by atoms with Crippen LogP contribution in [-0.4, -0.2) is 35.7 Å². The quantitative estimate of drug-likeness (QED) is 0.893. The molecule has 2 N–H and O–H groups in total. The monoisotopic (exact) mass is 342 g/mol. The lowest BCUT2D eigenvalue weighted by atomic mass is 9.92. The molecule has 2 amide bonds. The Bertz CT molecular complexity index is 614. The molecule has 1 aliphatic heterocycles. The minimum atomic E-state index is -0.161. The van der Waals surface area contributed by atoms with Crippen molar-refractivity contribution in [2.45, 2.75) is 5.92 Å². The number of nitrogens with zero attached hydrogens (tertiary/aromatic N) is 1. The van der Waals surface area contributed by atoms with Gasteiger partial charge in [-0.3, -0.25) is 0 Å². The number of nitrogens with one attached hydrogen (secondary N) is 1. The van der Waals surface area contributed by atoms with E-state index in [1.807, 2.05) is 10.8 Å². The molecule has 0 spiro atoms. The second kappa shape index (κ2) is 6.36. The van der Waals surface area contributed by atoms with Crippen molar-refractivity contribution in [3.8, 4) is 0 Å². The molecule has 0 radical (unpaired) electrons. The summed E-state index contributed by atoms with van der Waals surface area (Å²) in [7, 11) is 0. The zero-order valence-corrected chi connectivity index (χ0v) is 13.5. The number of amides is 2. The number of urea groups is 1. The molecule has 112 valence electrons. The molecule has 0 aromatic carbocycles. The third-order valence-electron chi connectivity index (χ3n) is 3.79. The molecular formula is C14H15ClN2O2S2. The van der Waals surface area contributed by atoms with Gasteiger partial charge >= 0.3 is 6.03 Å². The highest BCUT2D eigenvalue weighted by Gasteiger charge is 2.36. The number of halogens is 1. The first-order valence-electron chi connectivity index (χ1n) is 6.61. The van der Waals surface area contributed by atoms with Crippen LogP contribution >= 0.6 is 34.3 Å². The van der Waals surface area contributed by atoms with Gasteiger partial charge in [-0.1, -0.05) is 11.6 Å². The van der Waals surface area contributed by atoms with E-state index < -0.39 is 0 Å². The lowest BCUT2D eigenvalue weighted by molar-refractivity contribution is 0.207. The molecule has 4 nitrogen and oxygen atoms in total. The highest BCUT2D eigenvalue weighted by molar-refractivity contribution is 7.15. The van der Waals surface area contributed by atoms with Crippen molar-refractivity contribution >= 4 is 46.0 Å². The van der Waals surface area contributed by atoms with Crippen LogP contribution in [0.1, 0.15) is 11.5 Å². The molecule has 7 heteroatoms. The van der Waals surface area contributed by atoms with Gasteiger partial charge in [0.05, 0.1) is 5.69 Å². The summed E-state index contributed by atoms with van der Waals surface area (Å²) in [6, 6.07) is 3.70. The maximum atomic E-state index is 12.3. The van der Waals surface area contributed by atoms with E-state index in [9.17, 15) is 9.90 Å². The van der Waals surface area contributed by atoms with Gasteiger partial charge in [0.15, 0.2) is 0 Å². The van der Waals surface area contributed by atoms with Crippen molar-refractivity contribution in [3.05, 3.63) is 38.2 Å². The third-order valence-corrected chi connectivity index (χ3v) is 5.66. The van der Waals surface area contributed by atoms with Gasteiger partial charge in [0.2, 0.25) is 0 Å². The number of carbonyl (C=O) groups excluding carboxylic acids is 1. The van der Waals surface area contributed by atoms with Crippen LogP contribution in [0.5, 0.6) is 0 Å². The number of aliphatic hydroxyl groups excluding tert-OH is 1. The van der Waals surface area contributed by atoms with Crippen molar-refractivity contribution in [2.24, 2.45) is 5.92 Å². The van der Waals surface area contributed by atoms with Gasteiger partial charge in [0.1, 0.15) is 4.34 Å². The predicted molar refractivity (Wildman–Crippen MR) is 87.6 cm³/mol. The second-order valence-corrected chi connectivity index (χ2v) is 7.35. The summed E-state index contributed by atoms with van der Waals surface area (Å²) in [6.45, 7) is 1.27. The van der Waals surface area contributed by atoms with E-state index in [0.29, 0.717) is 23.1 Å². The normalized spacial score (nSPS) is 21.7.